The van der Waals surface area contributed by atoms with E-state index in [1.807, 2.05) is 12.1 Å². The fourth-order valence-electron chi connectivity index (χ4n) is 2.61. The first-order chi connectivity index (χ1) is 10.3. The molecule has 0 aliphatic carbocycles. The average Bonchev–Trinajstić information content (AvgIpc) is 2.75. The van der Waals surface area contributed by atoms with Gasteiger partial charge in [0.15, 0.2) is 0 Å². The number of hydrogen-bond acceptors (Lipinski definition) is 1. The molecule has 0 aliphatic heterocycles. The Morgan fingerprint density at radius 1 is 1.05 bits per heavy atom. The van der Waals surface area contributed by atoms with E-state index in [0.29, 0.717) is 0 Å². The van der Waals surface area contributed by atoms with Crippen LogP contribution in [-0.2, 0) is 6.42 Å². The van der Waals surface area contributed by atoms with Crippen molar-refractivity contribution in [2.24, 2.45) is 5.41 Å². The molecule has 2 aromatic heterocycles. The number of benzene rings is 1. The number of rotatable bonds is 2. The van der Waals surface area contributed by atoms with Gasteiger partial charge in [-0.3, -0.25) is 0 Å². The number of aromatic nitrogens is 2. The van der Waals surface area contributed by atoms with Crippen LogP contribution in [0.25, 0.3) is 16.9 Å². The fourth-order valence-corrected chi connectivity index (χ4v) is 3.34. The Morgan fingerprint density at radius 3 is 2.50 bits per heavy atom. The van der Waals surface area contributed by atoms with Crippen LogP contribution < -0.4 is 0 Å². The summed E-state index contributed by atoms with van der Waals surface area (Å²) >= 11 is 7.13. The highest BCUT2D eigenvalue weighted by molar-refractivity contribution is 9.10. The van der Waals surface area contributed by atoms with Gasteiger partial charge in [0.1, 0.15) is 5.65 Å². The van der Waals surface area contributed by atoms with Crippen molar-refractivity contribution in [2.75, 3.05) is 0 Å². The zero-order valence-corrected chi connectivity index (χ0v) is 16.1. The average molecular weight is 422 g/mol. The van der Waals surface area contributed by atoms with Crippen LogP contribution >= 0.6 is 31.9 Å². The van der Waals surface area contributed by atoms with Gasteiger partial charge in [0.2, 0.25) is 0 Å². The van der Waals surface area contributed by atoms with Crippen molar-refractivity contribution in [1.29, 1.82) is 0 Å². The van der Waals surface area contributed by atoms with Crippen LogP contribution in [-0.4, -0.2) is 9.38 Å². The Bertz CT molecular complexity index is 829. The summed E-state index contributed by atoms with van der Waals surface area (Å²) in [6.07, 6.45) is 3.07. The first-order valence-corrected chi connectivity index (χ1v) is 8.84. The molecule has 0 saturated heterocycles. The lowest BCUT2D eigenvalue weighted by Crippen LogP contribution is -2.11. The molecule has 22 heavy (non-hydrogen) atoms. The molecule has 3 rings (SSSR count). The molecule has 0 unspecified atom stereocenters. The van der Waals surface area contributed by atoms with E-state index in [-0.39, 0.29) is 5.41 Å². The highest BCUT2D eigenvalue weighted by atomic mass is 79.9. The first-order valence-electron chi connectivity index (χ1n) is 7.26. The number of nitrogens with zero attached hydrogens (tertiary/aromatic N) is 2. The third kappa shape index (κ3) is 3.28. The lowest BCUT2D eigenvalue weighted by molar-refractivity contribution is 0.405. The van der Waals surface area contributed by atoms with E-state index in [9.17, 15) is 0 Å². The molecule has 1 aromatic carbocycles. The molecular weight excluding hydrogens is 404 g/mol. The second-order valence-corrected chi connectivity index (χ2v) is 8.56. The summed E-state index contributed by atoms with van der Waals surface area (Å²) in [7, 11) is 0. The summed E-state index contributed by atoms with van der Waals surface area (Å²) in [6.45, 7) is 6.78. The number of pyridine rings is 1. The molecule has 4 heteroatoms. The zero-order chi connectivity index (χ0) is 15.9. The van der Waals surface area contributed by atoms with Crippen LogP contribution in [0.2, 0.25) is 0 Å². The molecule has 0 fully saturated rings. The van der Waals surface area contributed by atoms with Gasteiger partial charge in [-0.15, -0.1) is 0 Å². The van der Waals surface area contributed by atoms with Gasteiger partial charge in [0.25, 0.3) is 0 Å². The van der Waals surface area contributed by atoms with E-state index in [2.05, 4.69) is 87.5 Å². The van der Waals surface area contributed by atoms with Crippen molar-refractivity contribution < 1.29 is 0 Å². The van der Waals surface area contributed by atoms with Gasteiger partial charge in [-0.2, -0.15) is 0 Å². The number of imidazole rings is 1. The molecule has 0 atom stereocenters. The van der Waals surface area contributed by atoms with E-state index in [4.69, 9.17) is 4.98 Å². The highest BCUT2D eigenvalue weighted by Crippen LogP contribution is 2.32. The van der Waals surface area contributed by atoms with E-state index < -0.39 is 0 Å². The molecule has 0 amide bonds. The molecule has 114 valence electrons. The van der Waals surface area contributed by atoms with Crippen molar-refractivity contribution in [3.8, 4) is 11.3 Å². The van der Waals surface area contributed by atoms with Crippen molar-refractivity contribution in [1.82, 2.24) is 9.38 Å². The van der Waals surface area contributed by atoms with Gasteiger partial charge >= 0.3 is 0 Å². The van der Waals surface area contributed by atoms with Crippen molar-refractivity contribution in [2.45, 2.75) is 27.2 Å². The van der Waals surface area contributed by atoms with Crippen molar-refractivity contribution in [3.05, 3.63) is 57.2 Å². The van der Waals surface area contributed by atoms with Gasteiger partial charge in [0, 0.05) is 20.7 Å². The predicted octanol–water partition coefficient (Wildman–Crippen LogP) is 6.11. The molecule has 0 aliphatic rings. The minimum absolute atomic E-state index is 0.193. The molecule has 0 N–H and O–H groups in total. The van der Waals surface area contributed by atoms with Crippen molar-refractivity contribution in [3.63, 3.8) is 0 Å². The van der Waals surface area contributed by atoms with E-state index in [1.165, 1.54) is 5.69 Å². The van der Waals surface area contributed by atoms with Gasteiger partial charge in [0.05, 0.1) is 11.4 Å². The third-order valence-corrected chi connectivity index (χ3v) is 4.44. The molecule has 0 saturated carbocycles. The second-order valence-electron chi connectivity index (χ2n) is 6.73. The van der Waals surface area contributed by atoms with E-state index in [0.717, 1.165) is 32.3 Å². The quantitative estimate of drug-likeness (QED) is 0.487. The minimum atomic E-state index is 0.193. The fraction of sp³-hybridized carbons (Fsp3) is 0.278. The summed E-state index contributed by atoms with van der Waals surface area (Å²) in [5, 5.41) is 0. The predicted molar refractivity (Wildman–Crippen MR) is 99.2 cm³/mol. The summed E-state index contributed by atoms with van der Waals surface area (Å²) in [6, 6.07) is 12.4. The molecule has 3 aromatic rings. The largest absolute Gasteiger partial charge is 0.302 e. The van der Waals surface area contributed by atoms with Crippen LogP contribution in [0.4, 0.5) is 0 Å². The molecule has 2 heterocycles. The van der Waals surface area contributed by atoms with Gasteiger partial charge < -0.3 is 4.40 Å². The van der Waals surface area contributed by atoms with Crippen molar-refractivity contribution >= 4 is 37.5 Å². The van der Waals surface area contributed by atoms with E-state index in [1.54, 1.807) is 0 Å². The summed E-state index contributed by atoms with van der Waals surface area (Å²) in [5.41, 5.74) is 4.64. The van der Waals surface area contributed by atoms with Gasteiger partial charge in [-0.05, 0) is 52.0 Å². The Kier molecular flexibility index (Phi) is 4.17. The van der Waals surface area contributed by atoms with E-state index >= 15 is 0 Å². The Hall–Kier alpha value is -1.13. The molecule has 2 nitrogen and oxygen atoms in total. The Labute approximate surface area is 147 Å². The lowest BCUT2D eigenvalue weighted by Gasteiger charge is -2.19. The lowest BCUT2D eigenvalue weighted by atomic mass is 9.89. The van der Waals surface area contributed by atoms with Crippen LogP contribution in [0.5, 0.6) is 0 Å². The zero-order valence-electron chi connectivity index (χ0n) is 12.9. The normalized spacial score (nSPS) is 12.0. The Morgan fingerprint density at radius 2 is 1.82 bits per heavy atom. The maximum absolute atomic E-state index is 4.87. The summed E-state index contributed by atoms with van der Waals surface area (Å²) in [4.78, 5) is 4.87. The van der Waals surface area contributed by atoms with Crippen LogP contribution in [0.3, 0.4) is 0 Å². The third-order valence-electron chi connectivity index (χ3n) is 3.48. The second kappa shape index (κ2) is 5.82. The topological polar surface area (TPSA) is 17.3 Å². The summed E-state index contributed by atoms with van der Waals surface area (Å²) in [5.74, 6) is 0. The number of hydrogen-bond donors (Lipinski definition) is 0. The molecule has 0 spiro atoms. The maximum Gasteiger partial charge on any atom is 0.137 e. The molecule has 0 radical (unpaired) electrons. The monoisotopic (exact) mass is 420 g/mol. The number of fused-ring (bicyclic) bond motifs is 1. The smallest absolute Gasteiger partial charge is 0.137 e. The SMILES string of the molecule is CC(C)(C)Cc1c(-c2cccc(Br)c2)nc2ccc(Br)cn12. The van der Waals surface area contributed by atoms with Gasteiger partial charge in [-0.1, -0.05) is 48.8 Å². The highest BCUT2D eigenvalue weighted by Gasteiger charge is 2.20. The van der Waals surface area contributed by atoms with Crippen LogP contribution in [0, 0.1) is 5.41 Å². The van der Waals surface area contributed by atoms with Gasteiger partial charge in [-0.25, -0.2) is 4.98 Å². The number of halogens is 2. The minimum Gasteiger partial charge on any atom is -0.302 e. The first kappa shape index (κ1) is 15.8. The Balaban J connectivity index is 2.26. The summed E-state index contributed by atoms with van der Waals surface area (Å²) < 4.78 is 4.34. The van der Waals surface area contributed by atoms with Crippen LogP contribution in [0.15, 0.2) is 51.5 Å². The molecular formula is C18H18Br2N2. The van der Waals surface area contributed by atoms with Crippen LogP contribution in [0.1, 0.15) is 26.5 Å². The maximum atomic E-state index is 4.87. The standard InChI is InChI=1S/C18H18Br2N2/c1-18(2,3)10-15-17(12-5-4-6-13(19)9-12)21-16-8-7-14(20)11-22(15)16/h4-9,11H,10H2,1-3H3. The molecule has 0 bridgehead atoms.